The largest absolute Gasteiger partial charge is 0.349 e. The van der Waals surface area contributed by atoms with E-state index in [1.807, 2.05) is 0 Å². The molecule has 1 aliphatic rings. The summed E-state index contributed by atoms with van der Waals surface area (Å²) in [5, 5.41) is 7.73. The van der Waals surface area contributed by atoms with Crippen LogP contribution in [0.2, 0.25) is 0 Å². The normalized spacial score (nSPS) is 20.6. The van der Waals surface area contributed by atoms with Gasteiger partial charge in [0.05, 0.1) is 12.6 Å². The molecule has 0 bridgehead atoms. The van der Waals surface area contributed by atoms with Crippen LogP contribution in [0.25, 0.3) is 0 Å². The molecule has 0 aliphatic carbocycles. The molecule has 3 N–H and O–H groups in total. The van der Waals surface area contributed by atoms with Gasteiger partial charge < -0.3 is 15.6 Å². The fourth-order valence-electron chi connectivity index (χ4n) is 1.78. The number of rotatable bonds is 3. The van der Waals surface area contributed by atoms with Crippen LogP contribution in [0.3, 0.4) is 0 Å². The molecular formula is C10H15N3O2S. The monoisotopic (exact) mass is 241 g/mol. The van der Waals surface area contributed by atoms with Gasteiger partial charge in [-0.1, -0.05) is 17.8 Å². The summed E-state index contributed by atoms with van der Waals surface area (Å²) in [6.45, 7) is 1.31. The zero-order chi connectivity index (χ0) is 11.4. The van der Waals surface area contributed by atoms with Crippen molar-refractivity contribution in [1.29, 1.82) is 0 Å². The molecule has 1 aromatic heterocycles. The second kappa shape index (κ2) is 5.27. The summed E-state index contributed by atoms with van der Waals surface area (Å²) in [4.78, 5) is 25.2. The van der Waals surface area contributed by atoms with Crippen LogP contribution in [0.4, 0.5) is 0 Å². The summed E-state index contributed by atoms with van der Waals surface area (Å²) in [6.07, 6.45) is 3.13. The number of thiazole rings is 1. The third-order valence-corrected chi connectivity index (χ3v) is 3.37. The maximum Gasteiger partial charge on any atom is 0.304 e. The molecular weight excluding hydrogens is 226 g/mol. The quantitative estimate of drug-likeness (QED) is 0.707. The molecule has 1 amide bonds. The van der Waals surface area contributed by atoms with Gasteiger partial charge in [0.25, 0.3) is 0 Å². The third-order valence-electron chi connectivity index (χ3n) is 2.65. The molecule has 6 heteroatoms. The Morgan fingerprint density at radius 2 is 2.44 bits per heavy atom. The minimum Gasteiger partial charge on any atom is -0.349 e. The van der Waals surface area contributed by atoms with E-state index in [1.54, 1.807) is 5.38 Å². The number of piperidine rings is 1. The lowest BCUT2D eigenvalue weighted by Crippen LogP contribution is -2.46. The molecule has 0 radical (unpaired) electrons. The van der Waals surface area contributed by atoms with Gasteiger partial charge in [-0.15, -0.1) is 0 Å². The number of aromatic nitrogens is 1. The maximum atomic E-state index is 11.7. The molecule has 2 heterocycles. The van der Waals surface area contributed by atoms with Crippen LogP contribution < -0.4 is 15.5 Å². The number of hydrogen-bond acceptors (Lipinski definition) is 4. The second-order valence-electron chi connectivity index (χ2n) is 3.89. The Kier molecular flexibility index (Phi) is 3.74. The first-order valence-corrected chi connectivity index (χ1v) is 6.31. The standard InChI is InChI=1S/C10H15N3O2S/c14-9(8-3-1-2-4-11-8)12-5-7-6-16-10(15)13-7/h6,8,11H,1-5H2,(H,12,14)(H,13,15). The van der Waals surface area contributed by atoms with E-state index in [1.165, 1.54) is 0 Å². The second-order valence-corrected chi connectivity index (χ2v) is 4.74. The van der Waals surface area contributed by atoms with Gasteiger partial charge in [-0.2, -0.15) is 0 Å². The van der Waals surface area contributed by atoms with Gasteiger partial charge in [0.1, 0.15) is 0 Å². The van der Waals surface area contributed by atoms with E-state index >= 15 is 0 Å². The molecule has 0 spiro atoms. The fourth-order valence-corrected chi connectivity index (χ4v) is 2.36. The Balaban J connectivity index is 1.81. The Labute approximate surface area is 97.3 Å². The van der Waals surface area contributed by atoms with Crippen molar-refractivity contribution < 1.29 is 4.79 Å². The van der Waals surface area contributed by atoms with Crippen molar-refractivity contribution in [3.63, 3.8) is 0 Å². The van der Waals surface area contributed by atoms with E-state index in [0.717, 1.165) is 42.8 Å². The summed E-state index contributed by atoms with van der Waals surface area (Å²) < 4.78 is 0. The molecule has 1 unspecified atom stereocenters. The summed E-state index contributed by atoms with van der Waals surface area (Å²) >= 11 is 1.11. The fraction of sp³-hybridized carbons (Fsp3) is 0.600. The molecule has 1 saturated heterocycles. The van der Waals surface area contributed by atoms with Crippen LogP contribution in [0.5, 0.6) is 0 Å². The SMILES string of the molecule is O=C(NCc1csc(=O)[nH]1)C1CCCCN1. The smallest absolute Gasteiger partial charge is 0.304 e. The zero-order valence-electron chi connectivity index (χ0n) is 8.91. The van der Waals surface area contributed by atoms with Crippen molar-refractivity contribution >= 4 is 17.2 Å². The van der Waals surface area contributed by atoms with Crippen molar-refractivity contribution in [3.8, 4) is 0 Å². The molecule has 16 heavy (non-hydrogen) atoms. The van der Waals surface area contributed by atoms with Crippen LogP contribution in [0, 0.1) is 0 Å². The van der Waals surface area contributed by atoms with Gasteiger partial charge in [-0.05, 0) is 19.4 Å². The number of aromatic amines is 1. The first-order valence-electron chi connectivity index (χ1n) is 5.43. The molecule has 2 rings (SSSR count). The predicted octanol–water partition coefficient (Wildman–Crippen LogP) is 0.195. The Hall–Kier alpha value is -1.14. The highest BCUT2D eigenvalue weighted by Crippen LogP contribution is 2.07. The van der Waals surface area contributed by atoms with Crippen LogP contribution in [-0.4, -0.2) is 23.5 Å². The van der Waals surface area contributed by atoms with Crippen molar-refractivity contribution in [2.24, 2.45) is 0 Å². The van der Waals surface area contributed by atoms with Gasteiger partial charge in [-0.25, -0.2) is 0 Å². The van der Waals surface area contributed by atoms with E-state index in [2.05, 4.69) is 15.6 Å². The van der Waals surface area contributed by atoms with Crippen molar-refractivity contribution in [1.82, 2.24) is 15.6 Å². The molecule has 0 aromatic carbocycles. The number of hydrogen-bond donors (Lipinski definition) is 3. The zero-order valence-corrected chi connectivity index (χ0v) is 9.73. The molecule has 0 saturated carbocycles. The number of amides is 1. The van der Waals surface area contributed by atoms with E-state index in [-0.39, 0.29) is 16.8 Å². The van der Waals surface area contributed by atoms with Crippen LogP contribution in [-0.2, 0) is 11.3 Å². The van der Waals surface area contributed by atoms with Crippen LogP contribution in [0.1, 0.15) is 25.0 Å². The Bertz CT molecular complexity index is 406. The van der Waals surface area contributed by atoms with Crippen molar-refractivity contribution in [3.05, 3.63) is 20.7 Å². The summed E-state index contributed by atoms with van der Waals surface area (Å²) in [5.41, 5.74) is 0.763. The van der Waals surface area contributed by atoms with Crippen molar-refractivity contribution in [2.75, 3.05) is 6.54 Å². The van der Waals surface area contributed by atoms with Crippen LogP contribution >= 0.6 is 11.3 Å². The molecule has 88 valence electrons. The minimum atomic E-state index is -0.0833. The Morgan fingerprint density at radius 1 is 1.56 bits per heavy atom. The van der Waals surface area contributed by atoms with Crippen molar-refractivity contribution in [2.45, 2.75) is 31.8 Å². The highest BCUT2D eigenvalue weighted by atomic mass is 32.1. The lowest BCUT2D eigenvalue weighted by molar-refractivity contribution is -0.123. The average Bonchev–Trinajstić information content (AvgIpc) is 2.73. The first-order chi connectivity index (χ1) is 7.75. The Morgan fingerprint density at radius 3 is 3.06 bits per heavy atom. The third kappa shape index (κ3) is 2.93. The molecule has 1 aliphatic heterocycles. The average molecular weight is 241 g/mol. The van der Waals surface area contributed by atoms with E-state index in [9.17, 15) is 9.59 Å². The highest BCUT2D eigenvalue weighted by Gasteiger charge is 2.19. The first kappa shape index (κ1) is 11.3. The summed E-state index contributed by atoms with van der Waals surface area (Å²) in [5.74, 6) is 0.0201. The number of carbonyl (C=O) groups excluding carboxylic acids is 1. The topological polar surface area (TPSA) is 74.0 Å². The highest BCUT2D eigenvalue weighted by molar-refractivity contribution is 7.07. The van der Waals surface area contributed by atoms with E-state index in [4.69, 9.17) is 0 Å². The molecule has 1 atom stereocenters. The van der Waals surface area contributed by atoms with Crippen LogP contribution in [0.15, 0.2) is 10.2 Å². The number of carbonyl (C=O) groups is 1. The minimum absolute atomic E-state index is 0.0201. The van der Waals surface area contributed by atoms with Gasteiger partial charge in [0, 0.05) is 11.1 Å². The van der Waals surface area contributed by atoms with Gasteiger partial charge in [0.15, 0.2) is 0 Å². The lowest BCUT2D eigenvalue weighted by Gasteiger charge is -2.22. The predicted molar refractivity (Wildman–Crippen MR) is 62.4 cm³/mol. The van der Waals surface area contributed by atoms with E-state index < -0.39 is 0 Å². The summed E-state index contributed by atoms with van der Waals surface area (Å²) in [6, 6.07) is -0.0703. The summed E-state index contributed by atoms with van der Waals surface area (Å²) in [7, 11) is 0. The van der Waals surface area contributed by atoms with Gasteiger partial charge >= 0.3 is 4.87 Å². The number of H-pyrrole nitrogens is 1. The van der Waals surface area contributed by atoms with E-state index in [0.29, 0.717) is 6.54 Å². The molecule has 1 aromatic rings. The van der Waals surface area contributed by atoms with Gasteiger partial charge in [-0.3, -0.25) is 9.59 Å². The molecule has 1 fully saturated rings. The van der Waals surface area contributed by atoms with Gasteiger partial charge in [0.2, 0.25) is 5.91 Å². The number of nitrogens with one attached hydrogen (secondary N) is 3. The molecule has 5 nitrogen and oxygen atoms in total. The lowest BCUT2D eigenvalue weighted by atomic mass is 10.0. The maximum absolute atomic E-state index is 11.7.